The first kappa shape index (κ1) is 11.0. The Morgan fingerprint density at radius 3 is 2.42 bits per heavy atom. The van der Waals surface area contributed by atoms with E-state index >= 15 is 0 Å². The van der Waals surface area contributed by atoms with Gasteiger partial charge in [-0.1, -0.05) is 12.1 Å². The summed E-state index contributed by atoms with van der Waals surface area (Å²) in [7, 11) is 1.70. The molecule has 0 aliphatic carbocycles. The average Bonchev–Trinajstić information content (AvgIpc) is 2.04. The third-order valence-electron chi connectivity index (χ3n) is 1.43. The van der Waals surface area contributed by atoms with Gasteiger partial charge >= 0.3 is 23.6 Å². The molecule has 3 nitrogen and oxygen atoms in total. The molecule has 0 saturated carbocycles. The fourth-order valence-corrected chi connectivity index (χ4v) is 0.888. The second-order valence-corrected chi connectivity index (χ2v) is 2.10. The second kappa shape index (κ2) is 4.82. The number of carboxylic acid groups (broad SMARTS) is 1. The van der Waals surface area contributed by atoms with Crippen LogP contribution in [0.4, 0.5) is 5.69 Å². The van der Waals surface area contributed by atoms with Crippen LogP contribution >= 0.6 is 0 Å². The number of rotatable bonds is 2. The molecule has 0 amide bonds. The molecule has 1 aromatic carbocycles. The van der Waals surface area contributed by atoms with Gasteiger partial charge in [0.05, 0.1) is 5.56 Å². The molecule has 0 unspecified atom stereocenters. The number of anilines is 1. The third kappa shape index (κ3) is 2.27. The Morgan fingerprint density at radius 2 is 2.00 bits per heavy atom. The van der Waals surface area contributed by atoms with E-state index < -0.39 is 5.97 Å². The first-order valence-electron chi connectivity index (χ1n) is 3.26. The van der Waals surface area contributed by atoms with E-state index in [-0.39, 0.29) is 17.6 Å². The number of para-hydroxylation sites is 1. The van der Waals surface area contributed by atoms with Crippen LogP contribution in [0, 0.1) is 0 Å². The van der Waals surface area contributed by atoms with E-state index in [4.69, 9.17) is 5.11 Å². The van der Waals surface area contributed by atoms with Gasteiger partial charge in [0.1, 0.15) is 0 Å². The summed E-state index contributed by atoms with van der Waals surface area (Å²) in [6.07, 6.45) is 0. The molecular formula is C8H13GeNO2. The molecule has 1 aromatic rings. The summed E-state index contributed by atoms with van der Waals surface area (Å²) < 4.78 is 0. The molecule has 0 radical (unpaired) electrons. The van der Waals surface area contributed by atoms with Gasteiger partial charge in [-0.3, -0.25) is 0 Å². The predicted octanol–water partition coefficient (Wildman–Crippen LogP) is -0.0251. The molecule has 0 saturated heterocycles. The number of hydrogen-bond donors (Lipinski definition) is 2. The van der Waals surface area contributed by atoms with Crippen molar-refractivity contribution >= 4 is 29.3 Å². The molecule has 0 aliphatic heterocycles. The van der Waals surface area contributed by atoms with E-state index in [0.717, 1.165) is 0 Å². The summed E-state index contributed by atoms with van der Waals surface area (Å²) in [5.74, 6) is -0.907. The summed E-state index contributed by atoms with van der Waals surface area (Å²) in [5, 5.41) is 11.5. The predicted molar refractivity (Wildman–Crippen MR) is 54.3 cm³/mol. The molecule has 12 heavy (non-hydrogen) atoms. The number of carbonyl (C=O) groups is 1. The molecule has 66 valence electrons. The first-order chi connectivity index (χ1) is 5.25. The topological polar surface area (TPSA) is 49.3 Å². The molecule has 0 fully saturated rings. The zero-order valence-electron chi connectivity index (χ0n) is 6.16. The minimum atomic E-state index is -0.907. The van der Waals surface area contributed by atoms with Crippen molar-refractivity contribution in [1.29, 1.82) is 0 Å². The van der Waals surface area contributed by atoms with Crippen molar-refractivity contribution in [2.75, 3.05) is 12.4 Å². The van der Waals surface area contributed by atoms with Gasteiger partial charge in [-0.25, -0.2) is 4.79 Å². The molecule has 0 heterocycles. The fourth-order valence-electron chi connectivity index (χ4n) is 0.888. The zero-order chi connectivity index (χ0) is 8.27. The third-order valence-corrected chi connectivity index (χ3v) is 1.43. The molecule has 0 atom stereocenters. The molecule has 4 heteroatoms. The summed E-state index contributed by atoms with van der Waals surface area (Å²) in [6, 6.07) is 6.78. The minimum absolute atomic E-state index is 0. The second-order valence-electron chi connectivity index (χ2n) is 2.10. The molecule has 0 spiro atoms. The van der Waals surface area contributed by atoms with Gasteiger partial charge in [-0.05, 0) is 12.1 Å². The molecule has 0 bridgehead atoms. The molecule has 1 rings (SSSR count). The van der Waals surface area contributed by atoms with Crippen LogP contribution in [0.1, 0.15) is 10.4 Å². The van der Waals surface area contributed by atoms with Crippen molar-refractivity contribution < 1.29 is 9.90 Å². The summed E-state index contributed by atoms with van der Waals surface area (Å²) in [5.41, 5.74) is 0.940. The Hall–Kier alpha value is -0.967. The zero-order valence-corrected chi connectivity index (χ0v) is 6.16. The maximum atomic E-state index is 10.5. The molecule has 2 N–H and O–H groups in total. The fraction of sp³-hybridized carbons (Fsp3) is 0.125. The van der Waals surface area contributed by atoms with Crippen LogP contribution in [-0.4, -0.2) is 35.7 Å². The normalized spacial score (nSPS) is 8.42. The van der Waals surface area contributed by atoms with E-state index in [1.54, 1.807) is 31.3 Å². The Kier molecular flexibility index (Phi) is 4.43. The van der Waals surface area contributed by atoms with Gasteiger partial charge in [0.15, 0.2) is 0 Å². The summed E-state index contributed by atoms with van der Waals surface area (Å²) in [6.45, 7) is 0. The van der Waals surface area contributed by atoms with Gasteiger partial charge in [0.25, 0.3) is 0 Å². The van der Waals surface area contributed by atoms with Crippen molar-refractivity contribution in [2.24, 2.45) is 0 Å². The van der Waals surface area contributed by atoms with E-state index in [0.29, 0.717) is 11.3 Å². The number of hydrogen-bond acceptors (Lipinski definition) is 2. The van der Waals surface area contributed by atoms with Crippen molar-refractivity contribution in [3.05, 3.63) is 29.8 Å². The molecule has 0 aromatic heterocycles. The van der Waals surface area contributed by atoms with Crippen LogP contribution in [0.2, 0.25) is 0 Å². The van der Waals surface area contributed by atoms with Crippen LogP contribution in [0.5, 0.6) is 0 Å². The van der Waals surface area contributed by atoms with Gasteiger partial charge < -0.3 is 10.4 Å². The van der Waals surface area contributed by atoms with E-state index in [1.165, 1.54) is 0 Å². The van der Waals surface area contributed by atoms with Crippen LogP contribution in [-0.2, 0) is 0 Å². The van der Waals surface area contributed by atoms with Gasteiger partial charge in [-0.15, -0.1) is 0 Å². The van der Waals surface area contributed by atoms with Crippen LogP contribution in [0.3, 0.4) is 0 Å². The van der Waals surface area contributed by atoms with Crippen molar-refractivity contribution in [3.63, 3.8) is 0 Å². The average molecular weight is 228 g/mol. The van der Waals surface area contributed by atoms with E-state index in [2.05, 4.69) is 5.32 Å². The Bertz CT molecular complexity index is 276. The number of benzene rings is 1. The van der Waals surface area contributed by atoms with Crippen LogP contribution in [0.25, 0.3) is 0 Å². The van der Waals surface area contributed by atoms with Crippen molar-refractivity contribution in [2.45, 2.75) is 0 Å². The van der Waals surface area contributed by atoms with Crippen LogP contribution in [0.15, 0.2) is 24.3 Å². The number of carboxylic acids is 1. The van der Waals surface area contributed by atoms with E-state index in [9.17, 15) is 4.79 Å². The SMILES string of the molecule is CNc1ccccc1C(=O)O.[GeH4]. The standard InChI is InChI=1S/C8H9NO2.GeH4/c1-9-7-5-3-2-4-6(7)8(10)11;/h2-5,9H,1H3,(H,10,11);1H4. The van der Waals surface area contributed by atoms with Crippen LogP contribution < -0.4 is 5.32 Å². The Morgan fingerprint density at radius 1 is 1.42 bits per heavy atom. The van der Waals surface area contributed by atoms with Gasteiger partial charge in [0, 0.05) is 12.7 Å². The Balaban J connectivity index is 0.00000121. The first-order valence-corrected chi connectivity index (χ1v) is 3.26. The number of aromatic carboxylic acids is 1. The molecular weight excluding hydrogens is 215 g/mol. The van der Waals surface area contributed by atoms with Gasteiger partial charge in [-0.2, -0.15) is 0 Å². The number of nitrogens with one attached hydrogen (secondary N) is 1. The summed E-state index contributed by atoms with van der Waals surface area (Å²) in [4.78, 5) is 10.5. The van der Waals surface area contributed by atoms with E-state index in [1.807, 2.05) is 0 Å². The van der Waals surface area contributed by atoms with Crippen molar-refractivity contribution in [1.82, 2.24) is 0 Å². The molecule has 0 aliphatic rings. The monoisotopic (exact) mass is 229 g/mol. The maximum absolute atomic E-state index is 10.5. The Labute approximate surface area is 81.8 Å². The quantitative estimate of drug-likeness (QED) is 0.699. The van der Waals surface area contributed by atoms with Gasteiger partial charge in [0.2, 0.25) is 0 Å². The van der Waals surface area contributed by atoms with Crippen molar-refractivity contribution in [3.8, 4) is 0 Å². The summed E-state index contributed by atoms with van der Waals surface area (Å²) >= 11 is 0.